The van der Waals surface area contributed by atoms with Crippen molar-refractivity contribution in [3.05, 3.63) is 77.9 Å². The monoisotopic (exact) mass is 475 g/mol. The first-order valence-corrected chi connectivity index (χ1v) is 11.6. The number of benzene rings is 3. The zero-order chi connectivity index (χ0) is 25.2. The molecule has 0 fully saturated rings. The molecule has 3 aromatic carbocycles. The van der Waals surface area contributed by atoms with E-state index >= 15 is 0 Å². The molecule has 1 atom stereocenters. The second kappa shape index (κ2) is 9.66. The smallest absolute Gasteiger partial charge is 0.430 e. The highest BCUT2D eigenvalue weighted by molar-refractivity contribution is 6.07. The molecule has 0 radical (unpaired) electrons. The molecule has 0 aliphatic carbocycles. The first-order valence-electron chi connectivity index (χ1n) is 11.6. The first kappa shape index (κ1) is 24.1. The molecule has 1 aliphatic rings. The van der Waals surface area contributed by atoms with Crippen molar-refractivity contribution in [1.29, 1.82) is 0 Å². The van der Waals surface area contributed by atoms with Gasteiger partial charge in [0, 0.05) is 17.7 Å². The largest absolute Gasteiger partial charge is 0.446 e. The fraction of sp³-hybridized carbons (Fsp3) is 0.296. The Labute approximate surface area is 204 Å². The second-order valence-corrected chi connectivity index (χ2v) is 9.05. The highest BCUT2D eigenvalue weighted by atomic mass is 16.6. The van der Waals surface area contributed by atoms with Crippen LogP contribution in [-0.2, 0) is 26.2 Å². The molecule has 4 rings (SSSR count). The Hall–Kier alpha value is -4.07. The fourth-order valence-corrected chi connectivity index (χ4v) is 4.30. The minimum Gasteiger partial charge on any atom is -0.446 e. The molecule has 1 unspecified atom stereocenters. The van der Waals surface area contributed by atoms with E-state index in [0.717, 1.165) is 21.3 Å². The van der Waals surface area contributed by atoms with Crippen molar-refractivity contribution in [2.75, 3.05) is 5.32 Å². The summed E-state index contributed by atoms with van der Waals surface area (Å²) in [6.45, 7) is 6.78. The molecular weight excluding hydrogens is 446 g/mol. The zero-order valence-electron chi connectivity index (χ0n) is 20.2. The summed E-state index contributed by atoms with van der Waals surface area (Å²) in [6.07, 6.45) is -2.55. The maximum absolute atomic E-state index is 13.7. The topological polar surface area (TPSA) is 97.0 Å². The molecule has 0 spiro atoms. The van der Waals surface area contributed by atoms with Gasteiger partial charge in [0.05, 0.1) is 12.2 Å². The molecule has 8 heteroatoms. The van der Waals surface area contributed by atoms with Crippen LogP contribution in [0.2, 0.25) is 0 Å². The second-order valence-electron chi connectivity index (χ2n) is 9.05. The number of nitrogens with zero attached hydrogens (tertiary/aromatic N) is 1. The molecule has 0 saturated carbocycles. The van der Waals surface area contributed by atoms with Gasteiger partial charge in [0.25, 0.3) is 5.91 Å². The molecule has 0 aromatic heterocycles. The zero-order valence-corrected chi connectivity index (χ0v) is 20.2. The van der Waals surface area contributed by atoms with Gasteiger partial charge in [0.1, 0.15) is 0 Å². The Morgan fingerprint density at radius 1 is 0.914 bits per heavy atom. The summed E-state index contributed by atoms with van der Waals surface area (Å²) in [5.41, 5.74) is 2.79. The minimum absolute atomic E-state index is 0.0931. The number of hydrogen-bond acceptors (Lipinski definition) is 5. The maximum atomic E-state index is 13.7. The minimum atomic E-state index is -1.61. The lowest BCUT2D eigenvalue weighted by Crippen LogP contribution is -2.62. The van der Waals surface area contributed by atoms with E-state index in [2.05, 4.69) is 10.7 Å². The number of nitrogens with one attached hydrogen (secondary N) is 2. The summed E-state index contributed by atoms with van der Waals surface area (Å²) in [6, 6.07) is 20.8. The number of ether oxygens (including phenoxy) is 2. The van der Waals surface area contributed by atoms with Crippen LogP contribution in [0.15, 0.2) is 66.7 Å². The molecule has 182 valence electrons. The molecule has 3 aromatic rings. The summed E-state index contributed by atoms with van der Waals surface area (Å²) in [5, 5.41) is 5.88. The summed E-state index contributed by atoms with van der Waals surface area (Å²) < 4.78 is 10.7. The number of hydrogen-bond donors (Lipinski definition) is 2. The van der Waals surface area contributed by atoms with E-state index in [1.54, 1.807) is 52.0 Å². The van der Waals surface area contributed by atoms with E-state index in [1.807, 2.05) is 42.5 Å². The molecule has 2 N–H and O–H groups in total. The molecule has 8 nitrogen and oxygen atoms in total. The van der Waals surface area contributed by atoms with Crippen molar-refractivity contribution in [1.82, 2.24) is 10.4 Å². The van der Waals surface area contributed by atoms with Crippen LogP contribution >= 0.6 is 0 Å². The third kappa shape index (κ3) is 4.77. The van der Waals surface area contributed by atoms with Gasteiger partial charge in [-0.2, -0.15) is 5.01 Å². The van der Waals surface area contributed by atoms with E-state index in [0.29, 0.717) is 11.3 Å². The lowest BCUT2D eigenvalue weighted by Gasteiger charge is -2.38. The Kier molecular flexibility index (Phi) is 6.64. The number of hydrazine groups is 1. The average molecular weight is 476 g/mol. The van der Waals surface area contributed by atoms with Gasteiger partial charge in [0.15, 0.2) is 5.54 Å². The van der Waals surface area contributed by atoms with E-state index < -0.39 is 35.8 Å². The standard InChI is InChI=1S/C27H29N3O5/c1-17(2)34-25(32)29-30(26(33)35-18(3)4)27(22-11-7-8-12-23(22)28-24(27)31)16-19-13-14-20-9-5-6-10-21(20)15-19/h5-15,17-18H,16H2,1-4H3,(H,28,31)(H,29,32). The van der Waals surface area contributed by atoms with Gasteiger partial charge in [0.2, 0.25) is 0 Å². The number of carbonyl (C=O) groups is 3. The lowest BCUT2D eigenvalue weighted by molar-refractivity contribution is -0.129. The third-order valence-corrected chi connectivity index (χ3v) is 5.72. The van der Waals surface area contributed by atoms with Crippen molar-refractivity contribution in [3.63, 3.8) is 0 Å². The predicted octanol–water partition coefficient (Wildman–Crippen LogP) is 5.13. The first-order chi connectivity index (χ1) is 16.7. The number of rotatable bonds is 5. The van der Waals surface area contributed by atoms with Crippen LogP contribution in [0.4, 0.5) is 15.3 Å². The van der Waals surface area contributed by atoms with E-state index in [1.165, 1.54) is 0 Å². The van der Waals surface area contributed by atoms with E-state index in [9.17, 15) is 14.4 Å². The van der Waals surface area contributed by atoms with Gasteiger partial charge in [-0.15, -0.1) is 0 Å². The van der Waals surface area contributed by atoms with Gasteiger partial charge in [-0.3, -0.25) is 4.79 Å². The number of para-hydroxylation sites is 1. The number of anilines is 1. The van der Waals surface area contributed by atoms with Gasteiger partial charge in [-0.25, -0.2) is 15.0 Å². The summed E-state index contributed by atoms with van der Waals surface area (Å²) in [4.78, 5) is 39.8. The highest BCUT2D eigenvalue weighted by Gasteiger charge is 2.55. The number of carbonyl (C=O) groups excluding carboxylic acids is 3. The Bertz CT molecular complexity index is 1270. The van der Waals surface area contributed by atoms with Crippen molar-refractivity contribution < 1.29 is 23.9 Å². The van der Waals surface area contributed by atoms with Crippen LogP contribution in [0.1, 0.15) is 38.8 Å². The van der Waals surface area contributed by atoms with E-state index in [4.69, 9.17) is 9.47 Å². The molecule has 0 bridgehead atoms. The van der Waals surface area contributed by atoms with Crippen LogP contribution in [0.5, 0.6) is 0 Å². The molecule has 1 heterocycles. The van der Waals surface area contributed by atoms with Gasteiger partial charge in [-0.1, -0.05) is 60.7 Å². The predicted molar refractivity (Wildman–Crippen MR) is 133 cm³/mol. The van der Waals surface area contributed by atoms with Crippen LogP contribution in [0.3, 0.4) is 0 Å². The van der Waals surface area contributed by atoms with Crippen molar-refractivity contribution in [2.24, 2.45) is 0 Å². The third-order valence-electron chi connectivity index (χ3n) is 5.72. The maximum Gasteiger partial charge on any atom is 0.430 e. The number of amides is 3. The van der Waals surface area contributed by atoms with Gasteiger partial charge in [-0.05, 0) is 50.1 Å². The van der Waals surface area contributed by atoms with Crippen LogP contribution in [0.25, 0.3) is 10.8 Å². The molecule has 35 heavy (non-hydrogen) atoms. The SMILES string of the molecule is CC(C)OC(=O)NN(C(=O)OC(C)C)C1(Cc2ccc3ccccc3c2)C(=O)Nc2ccccc21. The molecule has 3 amide bonds. The Balaban J connectivity index is 1.86. The van der Waals surface area contributed by atoms with Gasteiger partial charge >= 0.3 is 12.2 Å². The van der Waals surface area contributed by atoms with Gasteiger partial charge < -0.3 is 14.8 Å². The quantitative estimate of drug-likeness (QED) is 0.499. The summed E-state index contributed by atoms with van der Waals surface area (Å²) >= 11 is 0. The summed E-state index contributed by atoms with van der Waals surface area (Å²) in [7, 11) is 0. The Morgan fingerprint density at radius 2 is 1.57 bits per heavy atom. The fourth-order valence-electron chi connectivity index (χ4n) is 4.30. The molecule has 0 saturated heterocycles. The van der Waals surface area contributed by atoms with E-state index in [-0.39, 0.29) is 6.42 Å². The molecular formula is C27H29N3O5. The summed E-state index contributed by atoms with van der Waals surface area (Å²) in [5.74, 6) is -0.461. The molecule has 1 aliphatic heterocycles. The van der Waals surface area contributed by atoms with Crippen LogP contribution in [-0.4, -0.2) is 35.3 Å². The number of fused-ring (bicyclic) bond motifs is 2. The average Bonchev–Trinajstić information content (AvgIpc) is 3.08. The highest BCUT2D eigenvalue weighted by Crippen LogP contribution is 2.43. The van der Waals surface area contributed by atoms with Crippen molar-refractivity contribution in [2.45, 2.75) is 51.9 Å². The van der Waals surface area contributed by atoms with Crippen molar-refractivity contribution >= 4 is 34.6 Å². The van der Waals surface area contributed by atoms with Crippen molar-refractivity contribution in [3.8, 4) is 0 Å². The van der Waals surface area contributed by atoms with Crippen LogP contribution < -0.4 is 10.7 Å². The normalized spacial score (nSPS) is 16.7. The Morgan fingerprint density at radius 3 is 2.29 bits per heavy atom. The lowest BCUT2D eigenvalue weighted by atomic mass is 9.83. The van der Waals surface area contributed by atoms with Crippen LogP contribution in [0, 0.1) is 0 Å².